The van der Waals surface area contributed by atoms with Crippen LogP contribution in [0.25, 0.3) is 0 Å². The number of amides is 4. The highest BCUT2D eigenvalue weighted by atomic mass is 16.5. The molecular formula is C43H45N5O6. The van der Waals surface area contributed by atoms with Crippen LogP contribution in [0.3, 0.4) is 0 Å². The van der Waals surface area contributed by atoms with Crippen LogP contribution in [0.2, 0.25) is 0 Å². The average Bonchev–Trinajstić information content (AvgIpc) is 3.21. The fraction of sp³-hybridized carbons (Fsp3) is 0.209. The van der Waals surface area contributed by atoms with Crippen LogP contribution >= 0.6 is 0 Å². The van der Waals surface area contributed by atoms with Gasteiger partial charge in [0.2, 0.25) is 17.7 Å². The number of hydrogen-bond acceptors (Lipinski definition) is 7. The fourth-order valence-electron chi connectivity index (χ4n) is 5.68. The normalized spacial score (nSPS) is 12.4. The van der Waals surface area contributed by atoms with E-state index in [4.69, 9.17) is 20.9 Å². The second-order valence-electron chi connectivity index (χ2n) is 12.6. The van der Waals surface area contributed by atoms with E-state index in [-0.39, 0.29) is 6.42 Å². The van der Waals surface area contributed by atoms with Crippen molar-refractivity contribution in [3.8, 4) is 11.5 Å². The molecule has 5 rings (SSSR count). The van der Waals surface area contributed by atoms with Gasteiger partial charge >= 0.3 is 0 Å². The largest absolute Gasteiger partial charge is 0.489 e. The molecule has 0 saturated carbocycles. The van der Waals surface area contributed by atoms with Crippen LogP contribution in [-0.4, -0.2) is 36.2 Å². The standard InChI is InChI=1S/C43H45N5O6/c44-27-11-10-18-37(42(51)47-38(40(45)49)32-19-23-35(24-20-32)53-28-30-12-4-1-5-13-30)46-43(52)39(48-41(50)34-16-8-3-9-17-34)33-21-25-36(26-22-33)54-29-31-14-6-2-7-15-31/h1-9,12-17,19-26,37-39H,10-11,18,27-29,44H2,(H2,45,49)(H,46,52)(H,47,51)(H,48,50)/t37-,38+,39-/m0/s1. The van der Waals surface area contributed by atoms with Crippen LogP contribution in [0.4, 0.5) is 0 Å². The Balaban J connectivity index is 1.31. The third-order valence-electron chi connectivity index (χ3n) is 8.65. The Kier molecular flexibility index (Phi) is 14.3. The first-order valence-corrected chi connectivity index (χ1v) is 17.8. The highest BCUT2D eigenvalue weighted by Crippen LogP contribution is 2.22. The van der Waals surface area contributed by atoms with E-state index >= 15 is 0 Å². The molecule has 0 aliphatic heterocycles. The molecule has 5 aromatic carbocycles. The van der Waals surface area contributed by atoms with Crippen molar-refractivity contribution in [1.29, 1.82) is 0 Å². The zero-order chi connectivity index (χ0) is 38.1. The van der Waals surface area contributed by atoms with Gasteiger partial charge in [-0.1, -0.05) is 103 Å². The average molecular weight is 728 g/mol. The predicted octanol–water partition coefficient (Wildman–Crippen LogP) is 5.27. The second kappa shape index (κ2) is 20.0. The Hall–Kier alpha value is -6.46. The van der Waals surface area contributed by atoms with Gasteiger partial charge in [-0.05, 0) is 84.5 Å². The van der Waals surface area contributed by atoms with Gasteiger partial charge in [0.05, 0.1) is 0 Å². The van der Waals surface area contributed by atoms with E-state index in [1.807, 2.05) is 60.7 Å². The molecule has 4 amide bonds. The third kappa shape index (κ3) is 11.5. The summed E-state index contributed by atoms with van der Waals surface area (Å²) in [5.74, 6) is -1.36. The topological polar surface area (TPSA) is 175 Å². The molecule has 7 N–H and O–H groups in total. The van der Waals surface area contributed by atoms with E-state index in [0.29, 0.717) is 60.8 Å². The molecule has 0 aliphatic carbocycles. The summed E-state index contributed by atoms with van der Waals surface area (Å²) in [7, 11) is 0. The van der Waals surface area contributed by atoms with Gasteiger partial charge in [0.1, 0.15) is 42.8 Å². The van der Waals surface area contributed by atoms with Crippen LogP contribution in [0.1, 0.15) is 64.0 Å². The molecule has 278 valence electrons. The van der Waals surface area contributed by atoms with E-state index in [2.05, 4.69) is 16.0 Å². The molecule has 0 bridgehead atoms. The molecule has 0 aromatic heterocycles. The Bertz CT molecular complexity index is 1940. The van der Waals surface area contributed by atoms with Gasteiger partial charge in [0, 0.05) is 5.56 Å². The molecule has 0 saturated heterocycles. The summed E-state index contributed by atoms with van der Waals surface area (Å²) in [6.45, 7) is 1.10. The van der Waals surface area contributed by atoms with Crippen molar-refractivity contribution < 1.29 is 28.7 Å². The third-order valence-corrected chi connectivity index (χ3v) is 8.65. The molecule has 54 heavy (non-hydrogen) atoms. The maximum Gasteiger partial charge on any atom is 0.252 e. The number of unbranched alkanes of at least 4 members (excludes halogenated alkanes) is 1. The van der Waals surface area contributed by atoms with Gasteiger partial charge in [0.15, 0.2) is 0 Å². The molecule has 11 nitrogen and oxygen atoms in total. The minimum absolute atomic E-state index is 0.220. The molecule has 5 aromatic rings. The Morgan fingerprint density at radius 3 is 1.50 bits per heavy atom. The molecule has 0 fully saturated rings. The van der Waals surface area contributed by atoms with Gasteiger partial charge in [-0.25, -0.2) is 0 Å². The van der Waals surface area contributed by atoms with E-state index in [1.54, 1.807) is 78.9 Å². The van der Waals surface area contributed by atoms with Crippen molar-refractivity contribution in [3.63, 3.8) is 0 Å². The summed E-state index contributed by atoms with van der Waals surface area (Å²) < 4.78 is 11.8. The molecule has 3 atom stereocenters. The van der Waals surface area contributed by atoms with Gasteiger partial charge in [0.25, 0.3) is 5.91 Å². The smallest absolute Gasteiger partial charge is 0.252 e. The lowest BCUT2D eigenvalue weighted by Crippen LogP contribution is -2.52. The Morgan fingerprint density at radius 1 is 0.537 bits per heavy atom. The minimum Gasteiger partial charge on any atom is -0.489 e. The van der Waals surface area contributed by atoms with Crippen molar-refractivity contribution in [3.05, 3.63) is 167 Å². The van der Waals surface area contributed by atoms with Crippen molar-refractivity contribution in [2.75, 3.05) is 6.54 Å². The highest BCUT2D eigenvalue weighted by Gasteiger charge is 2.30. The number of carbonyl (C=O) groups is 4. The predicted molar refractivity (Wildman–Crippen MR) is 206 cm³/mol. The lowest BCUT2D eigenvalue weighted by atomic mass is 10.0. The molecule has 0 aliphatic rings. The Labute approximate surface area is 315 Å². The summed E-state index contributed by atoms with van der Waals surface area (Å²) in [4.78, 5) is 53.9. The monoisotopic (exact) mass is 727 g/mol. The maximum absolute atomic E-state index is 14.1. The number of hydrogen-bond donors (Lipinski definition) is 5. The SMILES string of the molecule is NCCCC[C@H](NC(=O)[C@@H](NC(=O)c1ccccc1)c1ccc(OCc2ccccc2)cc1)C(=O)N[C@@H](C(N)=O)c1ccc(OCc2ccccc2)cc1. The van der Waals surface area contributed by atoms with Gasteiger partial charge in [-0.2, -0.15) is 0 Å². The molecule has 0 spiro atoms. The van der Waals surface area contributed by atoms with Crippen LogP contribution in [-0.2, 0) is 27.6 Å². The van der Waals surface area contributed by atoms with E-state index in [0.717, 1.165) is 11.1 Å². The Morgan fingerprint density at radius 2 is 1.02 bits per heavy atom. The fourth-order valence-corrected chi connectivity index (χ4v) is 5.68. The van der Waals surface area contributed by atoms with Crippen LogP contribution < -0.4 is 36.9 Å². The van der Waals surface area contributed by atoms with E-state index in [9.17, 15) is 19.2 Å². The van der Waals surface area contributed by atoms with Crippen molar-refractivity contribution in [1.82, 2.24) is 16.0 Å². The molecular weight excluding hydrogens is 683 g/mol. The lowest BCUT2D eigenvalue weighted by Gasteiger charge is -2.25. The van der Waals surface area contributed by atoms with Crippen molar-refractivity contribution >= 4 is 23.6 Å². The van der Waals surface area contributed by atoms with E-state index in [1.165, 1.54) is 0 Å². The number of rotatable bonds is 19. The molecule has 0 heterocycles. The van der Waals surface area contributed by atoms with Gasteiger partial charge in [-0.3, -0.25) is 19.2 Å². The zero-order valence-corrected chi connectivity index (χ0v) is 29.9. The number of benzene rings is 5. The lowest BCUT2D eigenvalue weighted by molar-refractivity contribution is -0.132. The van der Waals surface area contributed by atoms with Crippen molar-refractivity contribution in [2.45, 2.75) is 50.6 Å². The summed E-state index contributed by atoms with van der Waals surface area (Å²) in [5.41, 5.74) is 14.8. The number of primary amides is 1. The number of nitrogens with one attached hydrogen (secondary N) is 3. The van der Waals surface area contributed by atoms with Gasteiger partial charge < -0.3 is 36.9 Å². The minimum atomic E-state index is -1.19. The first-order valence-electron chi connectivity index (χ1n) is 17.8. The van der Waals surface area contributed by atoms with Crippen LogP contribution in [0, 0.1) is 0 Å². The van der Waals surface area contributed by atoms with Crippen LogP contribution in [0.5, 0.6) is 11.5 Å². The summed E-state index contributed by atoms with van der Waals surface area (Å²) >= 11 is 0. The summed E-state index contributed by atoms with van der Waals surface area (Å²) in [6, 6.07) is 38.0. The molecule has 0 radical (unpaired) electrons. The number of nitrogens with two attached hydrogens (primary N) is 2. The zero-order valence-electron chi connectivity index (χ0n) is 29.9. The van der Waals surface area contributed by atoms with E-state index < -0.39 is 41.8 Å². The highest BCUT2D eigenvalue weighted by molar-refractivity contribution is 5.99. The molecule has 11 heteroatoms. The summed E-state index contributed by atoms with van der Waals surface area (Å²) in [5, 5.41) is 8.36. The molecule has 0 unspecified atom stereocenters. The quantitative estimate of drug-likeness (QED) is 0.0720. The maximum atomic E-state index is 14.1. The summed E-state index contributed by atoms with van der Waals surface area (Å²) in [6.07, 6.45) is 1.33. The van der Waals surface area contributed by atoms with Gasteiger partial charge in [-0.15, -0.1) is 0 Å². The van der Waals surface area contributed by atoms with Crippen LogP contribution in [0.15, 0.2) is 140 Å². The van der Waals surface area contributed by atoms with Crippen molar-refractivity contribution in [2.24, 2.45) is 11.5 Å². The second-order valence-corrected chi connectivity index (χ2v) is 12.6. The first-order chi connectivity index (χ1) is 26.3. The first kappa shape index (κ1) is 38.8. The number of carbonyl (C=O) groups excluding carboxylic acids is 4. The number of ether oxygens (including phenoxy) is 2.